The van der Waals surface area contributed by atoms with Crippen LogP contribution in [0.2, 0.25) is 5.02 Å². The monoisotopic (exact) mass is 282 g/mol. The van der Waals surface area contributed by atoms with E-state index in [1.54, 1.807) is 24.3 Å². The van der Waals surface area contributed by atoms with Crippen LogP contribution in [-0.4, -0.2) is 5.91 Å². The van der Waals surface area contributed by atoms with Gasteiger partial charge in [-0.2, -0.15) is 5.26 Å². The Morgan fingerprint density at radius 2 is 1.75 bits per heavy atom. The molecule has 0 atom stereocenters. The molecule has 4 heteroatoms. The highest BCUT2D eigenvalue weighted by Crippen LogP contribution is 2.21. The lowest BCUT2D eigenvalue weighted by Gasteiger charge is -2.05. The number of benzene rings is 2. The van der Waals surface area contributed by atoms with Crippen molar-refractivity contribution in [3.8, 4) is 6.07 Å². The average Bonchev–Trinajstić information content (AvgIpc) is 2.48. The molecule has 0 aromatic heterocycles. The number of amides is 1. The van der Waals surface area contributed by atoms with Crippen molar-refractivity contribution >= 4 is 29.3 Å². The molecule has 0 aliphatic heterocycles. The molecule has 1 N–H and O–H groups in total. The summed E-state index contributed by atoms with van der Waals surface area (Å²) in [6.07, 6.45) is 1.53. The van der Waals surface area contributed by atoms with Crippen molar-refractivity contribution in [2.45, 2.75) is 0 Å². The van der Waals surface area contributed by atoms with Gasteiger partial charge in [-0.15, -0.1) is 0 Å². The molecule has 0 saturated carbocycles. The van der Waals surface area contributed by atoms with E-state index in [1.807, 2.05) is 36.4 Å². The van der Waals surface area contributed by atoms with Gasteiger partial charge in [0.2, 0.25) is 0 Å². The molecule has 0 aliphatic rings. The van der Waals surface area contributed by atoms with Gasteiger partial charge in [0.25, 0.3) is 5.91 Å². The van der Waals surface area contributed by atoms with E-state index in [4.69, 9.17) is 16.9 Å². The topological polar surface area (TPSA) is 52.9 Å². The van der Waals surface area contributed by atoms with Gasteiger partial charge in [-0.05, 0) is 23.8 Å². The second-order valence-electron chi connectivity index (χ2n) is 4.01. The largest absolute Gasteiger partial charge is 0.320 e. The van der Waals surface area contributed by atoms with Crippen LogP contribution in [0.15, 0.2) is 60.2 Å². The van der Waals surface area contributed by atoms with E-state index in [0.29, 0.717) is 10.7 Å². The van der Waals surface area contributed by atoms with Crippen LogP contribution in [0.3, 0.4) is 0 Å². The lowest BCUT2D eigenvalue weighted by Crippen LogP contribution is -2.13. The number of carbonyl (C=O) groups is 1. The SMILES string of the molecule is N#CC(=Cc1ccccc1)C(=O)Nc1ccccc1Cl. The van der Waals surface area contributed by atoms with E-state index in [1.165, 1.54) is 6.08 Å². The van der Waals surface area contributed by atoms with E-state index in [9.17, 15) is 4.79 Å². The third-order valence-electron chi connectivity index (χ3n) is 2.60. The van der Waals surface area contributed by atoms with Crippen molar-refractivity contribution in [2.75, 3.05) is 5.32 Å². The molecule has 2 aromatic rings. The number of para-hydroxylation sites is 1. The van der Waals surface area contributed by atoms with Crippen LogP contribution < -0.4 is 5.32 Å². The zero-order chi connectivity index (χ0) is 14.4. The summed E-state index contributed by atoms with van der Waals surface area (Å²) in [6.45, 7) is 0. The molecule has 0 radical (unpaired) electrons. The maximum atomic E-state index is 12.0. The maximum Gasteiger partial charge on any atom is 0.266 e. The number of hydrogen-bond acceptors (Lipinski definition) is 2. The van der Waals surface area contributed by atoms with Crippen LogP contribution in [0, 0.1) is 11.3 Å². The number of anilines is 1. The van der Waals surface area contributed by atoms with Gasteiger partial charge in [-0.3, -0.25) is 4.79 Å². The second-order valence-corrected chi connectivity index (χ2v) is 4.42. The van der Waals surface area contributed by atoms with E-state index < -0.39 is 5.91 Å². The predicted octanol–water partition coefficient (Wildman–Crippen LogP) is 3.89. The summed E-state index contributed by atoms with van der Waals surface area (Å²) >= 11 is 5.96. The summed E-state index contributed by atoms with van der Waals surface area (Å²) in [4.78, 5) is 12.0. The van der Waals surface area contributed by atoms with Gasteiger partial charge >= 0.3 is 0 Å². The van der Waals surface area contributed by atoms with Crippen LogP contribution in [0.5, 0.6) is 0 Å². The minimum absolute atomic E-state index is 0.0242. The number of nitriles is 1. The van der Waals surface area contributed by atoms with Crippen LogP contribution in [0.4, 0.5) is 5.69 Å². The summed E-state index contributed by atoms with van der Waals surface area (Å²) in [5.74, 6) is -0.482. The Balaban J connectivity index is 2.21. The molecule has 2 aromatic carbocycles. The summed E-state index contributed by atoms with van der Waals surface area (Å²) in [5.41, 5.74) is 1.29. The third-order valence-corrected chi connectivity index (χ3v) is 2.93. The maximum absolute atomic E-state index is 12.0. The van der Waals surface area contributed by atoms with Crippen molar-refractivity contribution in [1.82, 2.24) is 0 Å². The van der Waals surface area contributed by atoms with Crippen molar-refractivity contribution in [3.63, 3.8) is 0 Å². The molecule has 98 valence electrons. The highest BCUT2D eigenvalue weighted by atomic mass is 35.5. The van der Waals surface area contributed by atoms with Gasteiger partial charge in [0, 0.05) is 0 Å². The third kappa shape index (κ3) is 3.47. The van der Waals surface area contributed by atoms with E-state index >= 15 is 0 Å². The van der Waals surface area contributed by atoms with Gasteiger partial charge in [-0.1, -0.05) is 54.1 Å². The first-order valence-electron chi connectivity index (χ1n) is 5.93. The Bertz CT molecular complexity index is 687. The van der Waals surface area contributed by atoms with Crippen molar-refractivity contribution in [1.29, 1.82) is 5.26 Å². The van der Waals surface area contributed by atoms with Gasteiger partial charge < -0.3 is 5.32 Å². The highest BCUT2D eigenvalue weighted by Gasteiger charge is 2.10. The number of rotatable bonds is 3. The average molecular weight is 283 g/mol. The van der Waals surface area contributed by atoms with Crippen molar-refractivity contribution in [2.24, 2.45) is 0 Å². The van der Waals surface area contributed by atoms with Crippen LogP contribution in [0.25, 0.3) is 6.08 Å². The Kier molecular flexibility index (Phi) is 4.54. The van der Waals surface area contributed by atoms with Crippen LogP contribution in [0.1, 0.15) is 5.56 Å². The summed E-state index contributed by atoms with van der Waals surface area (Å²) in [7, 11) is 0. The molecule has 0 bridgehead atoms. The Labute approximate surface area is 122 Å². The molecule has 0 heterocycles. The first-order chi connectivity index (χ1) is 9.70. The fourth-order valence-corrected chi connectivity index (χ4v) is 1.80. The van der Waals surface area contributed by atoms with Crippen LogP contribution in [-0.2, 0) is 4.79 Å². The van der Waals surface area contributed by atoms with Crippen LogP contribution >= 0.6 is 11.6 Å². The Morgan fingerprint density at radius 1 is 1.10 bits per heavy atom. The van der Waals surface area contributed by atoms with Gasteiger partial charge in [0.05, 0.1) is 10.7 Å². The standard InChI is InChI=1S/C16H11ClN2O/c17-14-8-4-5-9-15(14)19-16(20)13(11-18)10-12-6-2-1-3-7-12/h1-10H,(H,19,20). The lowest BCUT2D eigenvalue weighted by atomic mass is 10.1. The van der Waals surface area contributed by atoms with Crippen molar-refractivity contribution < 1.29 is 4.79 Å². The molecule has 20 heavy (non-hydrogen) atoms. The smallest absolute Gasteiger partial charge is 0.266 e. The lowest BCUT2D eigenvalue weighted by molar-refractivity contribution is -0.112. The fourth-order valence-electron chi connectivity index (χ4n) is 1.62. The molecule has 3 nitrogen and oxygen atoms in total. The van der Waals surface area contributed by atoms with E-state index in [-0.39, 0.29) is 5.57 Å². The van der Waals surface area contributed by atoms with Gasteiger partial charge in [-0.25, -0.2) is 0 Å². The minimum atomic E-state index is -0.482. The Morgan fingerprint density at radius 3 is 2.40 bits per heavy atom. The second kappa shape index (κ2) is 6.55. The first kappa shape index (κ1) is 13.9. The highest BCUT2D eigenvalue weighted by molar-refractivity contribution is 6.34. The fraction of sp³-hybridized carbons (Fsp3) is 0. The quantitative estimate of drug-likeness (QED) is 0.686. The molecule has 1 amide bonds. The van der Waals surface area contributed by atoms with E-state index in [2.05, 4.69) is 5.32 Å². The number of carbonyl (C=O) groups excluding carboxylic acids is 1. The Hall–Kier alpha value is -2.57. The van der Waals surface area contributed by atoms with Crippen molar-refractivity contribution in [3.05, 3.63) is 70.8 Å². The number of nitrogens with one attached hydrogen (secondary N) is 1. The number of hydrogen-bond donors (Lipinski definition) is 1. The molecular weight excluding hydrogens is 272 g/mol. The zero-order valence-electron chi connectivity index (χ0n) is 10.5. The molecular formula is C16H11ClN2O. The van der Waals surface area contributed by atoms with Gasteiger partial charge in [0.1, 0.15) is 11.6 Å². The number of halogens is 1. The molecule has 2 rings (SSSR count). The number of nitrogens with zero attached hydrogens (tertiary/aromatic N) is 1. The molecule has 0 saturated heterocycles. The summed E-state index contributed by atoms with van der Waals surface area (Å²) < 4.78 is 0. The normalized spacial score (nSPS) is 10.7. The zero-order valence-corrected chi connectivity index (χ0v) is 11.3. The minimum Gasteiger partial charge on any atom is -0.320 e. The van der Waals surface area contributed by atoms with Gasteiger partial charge in [0.15, 0.2) is 0 Å². The first-order valence-corrected chi connectivity index (χ1v) is 6.31. The molecule has 0 fully saturated rings. The molecule has 0 unspecified atom stereocenters. The summed E-state index contributed by atoms with van der Waals surface area (Å²) in [5, 5.41) is 12.1. The molecule has 0 aliphatic carbocycles. The van der Waals surface area contributed by atoms with E-state index in [0.717, 1.165) is 5.56 Å². The predicted molar refractivity (Wildman–Crippen MR) is 80.1 cm³/mol. The molecule has 0 spiro atoms. The summed E-state index contributed by atoms with van der Waals surface area (Å²) in [6, 6.07) is 18.0.